The Morgan fingerprint density at radius 1 is 0.962 bits per heavy atom. The molecule has 1 atom stereocenters. The van der Waals surface area contributed by atoms with E-state index in [0.717, 1.165) is 10.1 Å². The first-order chi connectivity index (χ1) is 12.5. The smallest absolute Gasteiger partial charge is 0.349 e. The molecule has 2 aromatic carbocycles. The number of ether oxygens (including phenoxy) is 1. The molecule has 0 spiro atoms. The fourth-order valence-electron chi connectivity index (χ4n) is 2.24. The van der Waals surface area contributed by atoms with Gasteiger partial charge in [-0.05, 0) is 36.6 Å². The molecule has 0 saturated carbocycles. The van der Waals surface area contributed by atoms with Crippen molar-refractivity contribution in [1.82, 2.24) is 10.9 Å². The predicted molar refractivity (Wildman–Crippen MR) is 98.8 cm³/mol. The summed E-state index contributed by atoms with van der Waals surface area (Å²) >= 11 is 1.30. The van der Waals surface area contributed by atoms with Crippen LogP contribution in [0.5, 0.6) is 0 Å². The minimum Gasteiger partial charge on any atom is -0.448 e. The zero-order chi connectivity index (χ0) is 18.5. The molecule has 0 aliphatic heterocycles. The topological polar surface area (TPSA) is 84.5 Å². The lowest BCUT2D eigenvalue weighted by atomic mass is 10.2. The Morgan fingerprint density at radius 2 is 1.65 bits per heavy atom. The Hall–Kier alpha value is -3.19. The van der Waals surface area contributed by atoms with Crippen LogP contribution in [-0.4, -0.2) is 23.9 Å². The fourth-order valence-corrected chi connectivity index (χ4v) is 3.18. The number of carbonyl (C=O) groups is 3. The molecule has 1 aromatic heterocycles. The zero-order valence-corrected chi connectivity index (χ0v) is 14.7. The van der Waals surface area contributed by atoms with E-state index in [1.54, 1.807) is 36.4 Å². The molecule has 0 aliphatic rings. The minimum atomic E-state index is -1.05. The number of hydrogen-bond acceptors (Lipinski definition) is 5. The van der Waals surface area contributed by atoms with Gasteiger partial charge in [0.05, 0.1) is 0 Å². The molecule has 1 heterocycles. The molecule has 3 aromatic rings. The van der Waals surface area contributed by atoms with E-state index < -0.39 is 23.9 Å². The molecule has 0 radical (unpaired) electrons. The zero-order valence-electron chi connectivity index (χ0n) is 13.9. The van der Waals surface area contributed by atoms with E-state index in [0.29, 0.717) is 10.4 Å². The molecule has 0 bridgehead atoms. The summed E-state index contributed by atoms with van der Waals surface area (Å²) in [5.41, 5.74) is 4.94. The summed E-state index contributed by atoms with van der Waals surface area (Å²) in [6.45, 7) is 1.44. The summed E-state index contributed by atoms with van der Waals surface area (Å²) in [7, 11) is 0. The van der Waals surface area contributed by atoms with Crippen molar-refractivity contribution in [2.24, 2.45) is 0 Å². The summed E-state index contributed by atoms with van der Waals surface area (Å²) in [6.07, 6.45) is -1.05. The van der Waals surface area contributed by atoms with Gasteiger partial charge in [-0.25, -0.2) is 4.79 Å². The quantitative estimate of drug-likeness (QED) is 0.548. The summed E-state index contributed by atoms with van der Waals surface area (Å²) in [4.78, 5) is 36.5. The highest BCUT2D eigenvalue weighted by atomic mass is 32.1. The number of fused-ring (bicyclic) bond motifs is 1. The van der Waals surface area contributed by atoms with Gasteiger partial charge in [-0.2, -0.15) is 0 Å². The number of hydrazine groups is 1. The maximum Gasteiger partial charge on any atom is 0.349 e. The molecule has 0 saturated heterocycles. The molecule has 0 aliphatic carbocycles. The van der Waals surface area contributed by atoms with E-state index in [-0.39, 0.29) is 0 Å². The Labute approximate surface area is 153 Å². The number of nitrogens with one attached hydrogen (secondary N) is 2. The van der Waals surface area contributed by atoms with Crippen LogP contribution in [-0.2, 0) is 9.53 Å². The van der Waals surface area contributed by atoms with Gasteiger partial charge in [0, 0.05) is 10.3 Å². The van der Waals surface area contributed by atoms with E-state index in [9.17, 15) is 14.4 Å². The van der Waals surface area contributed by atoms with Gasteiger partial charge in [-0.1, -0.05) is 36.4 Å². The first-order valence-electron chi connectivity index (χ1n) is 7.89. The van der Waals surface area contributed by atoms with Crippen LogP contribution in [0, 0.1) is 0 Å². The molecule has 7 heteroatoms. The van der Waals surface area contributed by atoms with Gasteiger partial charge < -0.3 is 4.74 Å². The SMILES string of the molecule is C[C@@H](OC(=O)c1cc2ccccc2s1)C(=O)NNC(=O)c1ccccc1. The van der Waals surface area contributed by atoms with E-state index in [1.807, 2.05) is 24.3 Å². The van der Waals surface area contributed by atoms with Crippen LogP contribution >= 0.6 is 11.3 Å². The van der Waals surface area contributed by atoms with Gasteiger partial charge in [-0.15, -0.1) is 11.3 Å². The third-order valence-electron chi connectivity index (χ3n) is 3.61. The Balaban J connectivity index is 1.55. The minimum absolute atomic E-state index is 0.405. The highest BCUT2D eigenvalue weighted by molar-refractivity contribution is 7.20. The van der Waals surface area contributed by atoms with Crippen LogP contribution in [0.15, 0.2) is 60.7 Å². The second-order valence-corrected chi connectivity index (χ2v) is 6.59. The number of carbonyl (C=O) groups excluding carboxylic acids is 3. The average Bonchev–Trinajstić information content (AvgIpc) is 3.10. The Bertz CT molecular complexity index is 919. The number of amides is 2. The van der Waals surface area contributed by atoms with Crippen LogP contribution in [0.3, 0.4) is 0 Å². The highest BCUT2D eigenvalue weighted by Crippen LogP contribution is 2.26. The fraction of sp³-hybridized carbons (Fsp3) is 0.105. The molecule has 2 amide bonds. The molecule has 2 N–H and O–H groups in total. The standard InChI is InChI=1S/C19H16N2O4S/c1-12(17(22)20-21-18(23)13-7-3-2-4-8-13)25-19(24)16-11-14-9-5-6-10-15(14)26-16/h2-12H,1H3,(H,20,22)(H,21,23)/t12-/m1/s1. The maximum absolute atomic E-state index is 12.2. The van der Waals surface area contributed by atoms with Crippen LogP contribution in [0.2, 0.25) is 0 Å². The summed E-state index contributed by atoms with van der Waals surface area (Å²) < 4.78 is 6.14. The van der Waals surface area contributed by atoms with Crippen molar-refractivity contribution in [3.05, 3.63) is 71.1 Å². The largest absolute Gasteiger partial charge is 0.448 e. The van der Waals surface area contributed by atoms with Gasteiger partial charge >= 0.3 is 5.97 Å². The Morgan fingerprint density at radius 3 is 2.38 bits per heavy atom. The van der Waals surface area contributed by atoms with Crippen molar-refractivity contribution in [3.63, 3.8) is 0 Å². The van der Waals surface area contributed by atoms with E-state index in [2.05, 4.69) is 10.9 Å². The average molecular weight is 368 g/mol. The van der Waals surface area contributed by atoms with Gasteiger partial charge in [0.1, 0.15) is 4.88 Å². The third-order valence-corrected chi connectivity index (χ3v) is 4.71. The van der Waals surface area contributed by atoms with Crippen molar-refractivity contribution in [2.75, 3.05) is 0 Å². The number of thiophene rings is 1. The summed E-state index contributed by atoms with van der Waals surface area (Å²) in [6, 6.07) is 17.8. The van der Waals surface area contributed by atoms with Gasteiger partial charge in [0.25, 0.3) is 11.8 Å². The number of benzene rings is 2. The molecule has 0 unspecified atom stereocenters. The van der Waals surface area contributed by atoms with Crippen molar-refractivity contribution in [3.8, 4) is 0 Å². The molecule has 0 fully saturated rings. The Kier molecular flexibility index (Phi) is 5.28. The summed E-state index contributed by atoms with van der Waals surface area (Å²) in [5, 5.41) is 0.941. The molecular formula is C19H16N2O4S. The predicted octanol–water partition coefficient (Wildman–Crippen LogP) is 2.91. The van der Waals surface area contributed by atoms with Crippen LogP contribution in [0.1, 0.15) is 27.0 Å². The van der Waals surface area contributed by atoms with E-state index in [4.69, 9.17) is 4.74 Å². The molecule has 26 heavy (non-hydrogen) atoms. The van der Waals surface area contributed by atoms with Gasteiger partial charge in [0.2, 0.25) is 0 Å². The second-order valence-electron chi connectivity index (χ2n) is 5.51. The van der Waals surface area contributed by atoms with Gasteiger partial charge in [0.15, 0.2) is 6.10 Å². The van der Waals surface area contributed by atoms with E-state index >= 15 is 0 Å². The lowest BCUT2D eigenvalue weighted by Crippen LogP contribution is -2.46. The van der Waals surface area contributed by atoms with Crippen LogP contribution in [0.25, 0.3) is 10.1 Å². The lowest BCUT2D eigenvalue weighted by Gasteiger charge is -2.13. The number of esters is 1. The maximum atomic E-state index is 12.2. The van der Waals surface area contributed by atoms with Crippen molar-refractivity contribution < 1.29 is 19.1 Å². The molecule has 3 rings (SSSR count). The first kappa shape index (κ1) is 17.6. The van der Waals surface area contributed by atoms with Crippen LogP contribution in [0.4, 0.5) is 0 Å². The number of rotatable bonds is 4. The molecule has 132 valence electrons. The monoisotopic (exact) mass is 368 g/mol. The van der Waals surface area contributed by atoms with Crippen molar-refractivity contribution >= 4 is 39.2 Å². The van der Waals surface area contributed by atoms with Crippen LogP contribution < -0.4 is 10.9 Å². The first-order valence-corrected chi connectivity index (χ1v) is 8.71. The van der Waals surface area contributed by atoms with Crippen molar-refractivity contribution in [2.45, 2.75) is 13.0 Å². The molecular weight excluding hydrogens is 352 g/mol. The van der Waals surface area contributed by atoms with Crippen molar-refractivity contribution in [1.29, 1.82) is 0 Å². The van der Waals surface area contributed by atoms with Gasteiger partial charge in [-0.3, -0.25) is 20.4 Å². The highest BCUT2D eigenvalue weighted by Gasteiger charge is 2.21. The van der Waals surface area contributed by atoms with E-state index in [1.165, 1.54) is 18.3 Å². The lowest BCUT2D eigenvalue weighted by molar-refractivity contribution is -0.129. The molecule has 6 nitrogen and oxygen atoms in total. The summed E-state index contributed by atoms with van der Waals surface area (Å²) in [5.74, 6) is -1.66. The normalized spacial score (nSPS) is 11.6. The third kappa shape index (κ3) is 4.07. The second kappa shape index (κ2) is 7.79. The number of hydrogen-bond donors (Lipinski definition) is 2.